The summed E-state index contributed by atoms with van der Waals surface area (Å²) in [5.74, 6) is 0.977. The summed E-state index contributed by atoms with van der Waals surface area (Å²) in [5, 5.41) is 8.16. The van der Waals surface area contributed by atoms with E-state index in [4.69, 9.17) is 4.42 Å². The number of benzene rings is 1. The first-order valence-electron chi connectivity index (χ1n) is 5.74. The molecule has 1 aromatic carbocycles. The number of carbonyl (C=O) groups is 1. The van der Waals surface area contributed by atoms with Crippen LogP contribution in [0.3, 0.4) is 0 Å². The molecule has 4 nitrogen and oxygen atoms in total. The van der Waals surface area contributed by atoms with Crippen LogP contribution in [0.25, 0.3) is 0 Å². The number of Topliss-reactive ketones (excluding diaryl/α,β-unsaturated/α-hetero) is 1. The van der Waals surface area contributed by atoms with Crippen LogP contribution in [0, 0.1) is 6.92 Å². The predicted octanol–water partition coefficient (Wildman–Crippen LogP) is 2.92. The molecule has 0 saturated carbocycles. The normalized spacial score (nSPS) is 10.6. The summed E-state index contributed by atoms with van der Waals surface area (Å²) in [5.41, 5.74) is 1.85. The Kier molecular flexibility index (Phi) is 4.15. The van der Waals surface area contributed by atoms with Crippen LogP contribution in [0.4, 0.5) is 0 Å². The van der Waals surface area contributed by atoms with Crippen LogP contribution in [0.5, 0.6) is 0 Å². The predicted molar refractivity (Wildman–Crippen MR) is 69.9 cm³/mol. The number of hydrogen-bond acceptors (Lipinski definition) is 5. The van der Waals surface area contributed by atoms with Gasteiger partial charge in [0.2, 0.25) is 5.89 Å². The van der Waals surface area contributed by atoms with Crippen LogP contribution in [-0.4, -0.2) is 21.7 Å². The first-order chi connectivity index (χ1) is 8.69. The molecule has 94 valence electrons. The smallest absolute Gasteiger partial charge is 0.277 e. The number of hydrogen-bond donors (Lipinski definition) is 0. The van der Waals surface area contributed by atoms with Crippen molar-refractivity contribution in [3.05, 3.63) is 41.3 Å². The molecule has 0 aliphatic carbocycles. The molecule has 18 heavy (non-hydrogen) atoms. The first kappa shape index (κ1) is 12.8. The third-order valence-corrected chi connectivity index (χ3v) is 3.27. The Hall–Kier alpha value is -1.62. The largest absolute Gasteiger partial charge is 0.416 e. The lowest BCUT2D eigenvalue weighted by Gasteiger charge is -1.99. The van der Waals surface area contributed by atoms with Gasteiger partial charge in [0, 0.05) is 12.0 Å². The van der Waals surface area contributed by atoms with Crippen LogP contribution >= 0.6 is 11.8 Å². The molecule has 0 N–H and O–H groups in total. The lowest BCUT2D eigenvalue weighted by molar-refractivity contribution is 0.102. The van der Waals surface area contributed by atoms with E-state index in [9.17, 15) is 4.79 Å². The van der Waals surface area contributed by atoms with Crippen LogP contribution in [0.15, 0.2) is 33.9 Å². The van der Waals surface area contributed by atoms with Crippen molar-refractivity contribution in [2.75, 3.05) is 5.75 Å². The molecule has 0 aliphatic rings. The van der Waals surface area contributed by atoms with Crippen molar-refractivity contribution in [3.8, 4) is 0 Å². The highest BCUT2D eigenvalue weighted by atomic mass is 32.2. The average Bonchev–Trinajstić information content (AvgIpc) is 2.85. The van der Waals surface area contributed by atoms with E-state index in [1.807, 2.05) is 38.1 Å². The first-order valence-corrected chi connectivity index (χ1v) is 6.72. The van der Waals surface area contributed by atoms with Crippen molar-refractivity contribution >= 4 is 17.5 Å². The molecule has 0 aliphatic heterocycles. The third kappa shape index (κ3) is 3.20. The quantitative estimate of drug-likeness (QED) is 0.612. The van der Waals surface area contributed by atoms with Gasteiger partial charge in [0.1, 0.15) is 0 Å². The van der Waals surface area contributed by atoms with E-state index in [0.717, 1.165) is 5.56 Å². The minimum Gasteiger partial charge on any atom is -0.416 e. The lowest BCUT2D eigenvalue weighted by atomic mass is 10.1. The van der Waals surface area contributed by atoms with Gasteiger partial charge in [-0.3, -0.25) is 4.79 Å². The van der Waals surface area contributed by atoms with Crippen LogP contribution in [0.2, 0.25) is 0 Å². The van der Waals surface area contributed by atoms with E-state index < -0.39 is 0 Å². The Balaban J connectivity index is 1.93. The molecule has 1 heterocycles. The Morgan fingerprint density at radius 1 is 1.28 bits per heavy atom. The fourth-order valence-electron chi connectivity index (χ4n) is 1.39. The zero-order valence-corrected chi connectivity index (χ0v) is 11.2. The highest BCUT2D eigenvalue weighted by Gasteiger charge is 2.10. The minimum absolute atomic E-state index is 0.0660. The molecule has 0 spiro atoms. The van der Waals surface area contributed by atoms with Crippen molar-refractivity contribution in [1.29, 1.82) is 0 Å². The second kappa shape index (κ2) is 5.82. The van der Waals surface area contributed by atoms with Crippen molar-refractivity contribution in [3.63, 3.8) is 0 Å². The number of aromatic nitrogens is 2. The Labute approximate surface area is 110 Å². The summed E-state index contributed by atoms with van der Waals surface area (Å²) in [6.07, 6.45) is 0.708. The van der Waals surface area contributed by atoms with Crippen molar-refractivity contribution in [2.24, 2.45) is 0 Å². The number of ketones is 1. The van der Waals surface area contributed by atoms with Gasteiger partial charge in [-0.2, -0.15) is 0 Å². The van der Waals surface area contributed by atoms with E-state index in [2.05, 4.69) is 10.2 Å². The molecule has 0 bridgehead atoms. The SMILES string of the molecule is CCc1nnc(SCC(=O)c2ccc(C)cc2)o1. The Bertz CT molecular complexity index is 534. The molecule has 0 radical (unpaired) electrons. The fraction of sp³-hybridized carbons (Fsp3) is 0.308. The molecule has 0 amide bonds. The summed E-state index contributed by atoms with van der Waals surface area (Å²) >= 11 is 1.27. The third-order valence-electron chi connectivity index (χ3n) is 2.45. The van der Waals surface area contributed by atoms with E-state index >= 15 is 0 Å². The van der Waals surface area contributed by atoms with Gasteiger partial charge in [-0.05, 0) is 6.92 Å². The van der Waals surface area contributed by atoms with Crippen LogP contribution < -0.4 is 0 Å². The summed E-state index contributed by atoms with van der Waals surface area (Å²) in [7, 11) is 0. The second-order valence-corrected chi connectivity index (χ2v) is 4.82. The number of rotatable bonds is 5. The minimum atomic E-state index is 0.0660. The van der Waals surface area contributed by atoms with Crippen LogP contribution in [-0.2, 0) is 6.42 Å². The summed E-state index contributed by atoms with van der Waals surface area (Å²) in [6, 6.07) is 7.53. The Morgan fingerprint density at radius 2 is 2.00 bits per heavy atom. The molecule has 1 aromatic heterocycles. The average molecular weight is 262 g/mol. The summed E-state index contributed by atoms with van der Waals surface area (Å²) in [4.78, 5) is 11.9. The zero-order chi connectivity index (χ0) is 13.0. The van der Waals surface area contributed by atoms with E-state index in [1.165, 1.54) is 11.8 Å². The molecule has 2 aromatic rings. The monoisotopic (exact) mass is 262 g/mol. The van der Waals surface area contributed by atoms with Gasteiger partial charge in [0.05, 0.1) is 5.75 Å². The van der Waals surface area contributed by atoms with Gasteiger partial charge >= 0.3 is 0 Å². The number of aryl methyl sites for hydroxylation is 2. The maximum atomic E-state index is 11.9. The molecule has 0 fully saturated rings. The Morgan fingerprint density at radius 3 is 2.61 bits per heavy atom. The molecule has 0 saturated heterocycles. The zero-order valence-electron chi connectivity index (χ0n) is 10.3. The number of thioether (sulfide) groups is 1. The standard InChI is InChI=1S/C13H14N2O2S/c1-3-12-14-15-13(17-12)18-8-11(16)10-6-4-9(2)5-7-10/h4-7H,3,8H2,1-2H3. The number of carbonyl (C=O) groups excluding carboxylic acids is 1. The van der Waals surface area contributed by atoms with Gasteiger partial charge in [-0.15, -0.1) is 10.2 Å². The molecular weight excluding hydrogens is 248 g/mol. The van der Waals surface area contributed by atoms with Gasteiger partial charge in [0.25, 0.3) is 5.22 Å². The maximum absolute atomic E-state index is 11.9. The van der Waals surface area contributed by atoms with Gasteiger partial charge in [-0.1, -0.05) is 48.5 Å². The molecule has 2 rings (SSSR count). The second-order valence-electron chi connectivity index (χ2n) is 3.89. The summed E-state index contributed by atoms with van der Waals surface area (Å²) < 4.78 is 5.33. The summed E-state index contributed by atoms with van der Waals surface area (Å²) in [6.45, 7) is 3.94. The molecule has 0 atom stereocenters. The van der Waals surface area contributed by atoms with E-state index in [-0.39, 0.29) is 5.78 Å². The van der Waals surface area contributed by atoms with Crippen molar-refractivity contribution in [1.82, 2.24) is 10.2 Å². The number of nitrogens with zero attached hydrogens (tertiary/aromatic N) is 2. The van der Waals surface area contributed by atoms with E-state index in [0.29, 0.717) is 28.9 Å². The topological polar surface area (TPSA) is 56.0 Å². The van der Waals surface area contributed by atoms with Gasteiger partial charge < -0.3 is 4.42 Å². The van der Waals surface area contributed by atoms with Gasteiger partial charge in [0.15, 0.2) is 5.78 Å². The van der Waals surface area contributed by atoms with Gasteiger partial charge in [-0.25, -0.2) is 0 Å². The van der Waals surface area contributed by atoms with Crippen LogP contribution in [0.1, 0.15) is 28.7 Å². The molecule has 5 heteroatoms. The highest BCUT2D eigenvalue weighted by molar-refractivity contribution is 7.99. The maximum Gasteiger partial charge on any atom is 0.277 e. The van der Waals surface area contributed by atoms with Crippen molar-refractivity contribution in [2.45, 2.75) is 25.5 Å². The highest BCUT2D eigenvalue weighted by Crippen LogP contribution is 2.18. The van der Waals surface area contributed by atoms with Crippen molar-refractivity contribution < 1.29 is 9.21 Å². The molecule has 0 unspecified atom stereocenters. The lowest BCUT2D eigenvalue weighted by Crippen LogP contribution is -2.02. The molecular formula is C13H14N2O2S. The fourth-order valence-corrected chi connectivity index (χ4v) is 2.06. The van der Waals surface area contributed by atoms with E-state index in [1.54, 1.807) is 0 Å².